The molecule has 4 aromatic rings. The number of methoxy groups -OCH3 is 2. The highest BCUT2D eigenvalue weighted by molar-refractivity contribution is 7.51. The van der Waals surface area contributed by atoms with Crippen LogP contribution >= 0.6 is 31.7 Å². The van der Waals surface area contributed by atoms with Gasteiger partial charge in [0, 0.05) is 63.7 Å². The summed E-state index contributed by atoms with van der Waals surface area (Å²) in [6.45, 7) is 0.690. The van der Waals surface area contributed by atoms with Crippen LogP contribution in [0.2, 0.25) is 0 Å². The Morgan fingerprint density at radius 3 is 1.72 bits per heavy atom. The lowest BCUT2D eigenvalue weighted by atomic mass is 10.1. The number of carboxylic acid groups (broad SMARTS) is 1. The van der Waals surface area contributed by atoms with Crippen LogP contribution in [0, 0.1) is 23.7 Å². The number of unbranched alkanes of at least 4 members (excludes halogenated alkanes) is 2. The molecule has 3 atom stereocenters. The zero-order chi connectivity index (χ0) is 46.6. The molecule has 3 heterocycles. The number of pyridine rings is 1. The molecule has 0 aliphatic rings. The van der Waals surface area contributed by atoms with Crippen LogP contribution in [-0.2, 0) is 45.6 Å². The van der Waals surface area contributed by atoms with E-state index in [9.17, 15) is 47.5 Å². The number of aliphatic carboxylic acids is 1. The first-order valence-corrected chi connectivity index (χ1v) is 25.2. The molecule has 0 saturated carbocycles. The van der Waals surface area contributed by atoms with E-state index in [0.29, 0.717) is 58.8 Å². The lowest BCUT2D eigenvalue weighted by Gasteiger charge is -2.16. The molecule has 1 aromatic carbocycles. The Labute approximate surface area is 370 Å². The summed E-state index contributed by atoms with van der Waals surface area (Å²) in [6, 6.07) is 9.75. The maximum atomic E-state index is 11.8. The first-order valence-electron chi connectivity index (χ1n) is 19.2. The Balaban J connectivity index is 1.81. The predicted molar refractivity (Wildman–Crippen MR) is 231 cm³/mol. The zero-order valence-electron chi connectivity index (χ0n) is 34.8. The summed E-state index contributed by atoms with van der Waals surface area (Å²) in [5.41, 5.74) is 1.98. The van der Waals surface area contributed by atoms with Gasteiger partial charge in [0.25, 0.3) is 0 Å². The number of rotatable bonds is 26. The fraction of sp³-hybridized carbons (Fsp3) is 0.421. The van der Waals surface area contributed by atoms with Crippen molar-refractivity contribution in [2.24, 2.45) is 0 Å². The minimum absolute atomic E-state index is 0.0403. The van der Waals surface area contributed by atoms with Gasteiger partial charge in [0.1, 0.15) is 31.0 Å². The molecule has 0 saturated heterocycles. The van der Waals surface area contributed by atoms with Gasteiger partial charge in [-0.05, 0) is 50.8 Å². The van der Waals surface area contributed by atoms with E-state index in [1.54, 1.807) is 42.6 Å². The minimum Gasteiger partial charge on any atom is -0.490 e. The summed E-state index contributed by atoms with van der Waals surface area (Å²) in [5, 5.41) is 18.0. The third kappa shape index (κ3) is 18.7. The van der Waals surface area contributed by atoms with Crippen molar-refractivity contribution in [3.63, 3.8) is 0 Å². The van der Waals surface area contributed by atoms with Crippen LogP contribution in [0.4, 0.5) is 0 Å². The van der Waals surface area contributed by atoms with Gasteiger partial charge in [0.2, 0.25) is 18.9 Å². The second kappa shape index (κ2) is 26.2. The van der Waals surface area contributed by atoms with Gasteiger partial charge < -0.3 is 33.8 Å². The Morgan fingerprint density at radius 1 is 0.734 bits per heavy atom. The average molecular weight is 967 g/mol. The Kier molecular flexibility index (Phi) is 21.2. The molecule has 0 spiro atoms. The highest BCUT2D eigenvalue weighted by Gasteiger charge is 2.28. The summed E-state index contributed by atoms with van der Waals surface area (Å²) < 4.78 is 71.8. The highest BCUT2D eigenvalue weighted by atomic mass is 31.2. The van der Waals surface area contributed by atoms with Gasteiger partial charge in [-0.15, -0.1) is 0 Å². The smallest absolute Gasteiger partial charge is 0.490 e. The Bertz CT molecular complexity index is 2420. The molecule has 0 aliphatic heterocycles. The lowest BCUT2D eigenvalue weighted by molar-refractivity contribution is -0.137. The molecule has 0 bridgehead atoms. The van der Waals surface area contributed by atoms with Crippen LogP contribution in [0.5, 0.6) is 11.5 Å². The average Bonchev–Trinajstić information content (AvgIpc) is 3.88. The van der Waals surface area contributed by atoms with Gasteiger partial charge in [0.15, 0.2) is 11.6 Å². The molecule has 0 amide bonds. The highest BCUT2D eigenvalue weighted by Crippen LogP contribution is 2.37. The van der Waals surface area contributed by atoms with E-state index in [1.807, 2.05) is 0 Å². The molecular formula is C38H48N7O15P4+3. The summed E-state index contributed by atoms with van der Waals surface area (Å²) in [4.78, 5) is 65.6. The van der Waals surface area contributed by atoms with Gasteiger partial charge in [-0.1, -0.05) is 23.7 Å². The fourth-order valence-electron chi connectivity index (χ4n) is 5.73. The largest absolute Gasteiger partial charge is 0.521 e. The molecule has 22 nitrogen and oxygen atoms in total. The van der Waals surface area contributed by atoms with Crippen LogP contribution in [0.3, 0.4) is 0 Å². The van der Waals surface area contributed by atoms with Gasteiger partial charge in [0.05, 0.1) is 42.3 Å². The van der Waals surface area contributed by atoms with Crippen LogP contribution in [0.15, 0.2) is 48.8 Å². The predicted octanol–water partition coefficient (Wildman–Crippen LogP) is 3.72. The summed E-state index contributed by atoms with van der Waals surface area (Å²) in [6.07, 6.45) is 2.65. The molecule has 3 unspecified atom stereocenters. The van der Waals surface area contributed by atoms with Crippen molar-refractivity contribution in [2.75, 3.05) is 65.8 Å². The monoisotopic (exact) mass is 966 g/mol. The van der Waals surface area contributed by atoms with Crippen molar-refractivity contribution >= 4 is 37.6 Å². The third-order valence-corrected chi connectivity index (χ3v) is 11.0. The Hall–Kier alpha value is -4.85. The number of benzene rings is 1. The maximum absolute atomic E-state index is 11.8. The summed E-state index contributed by atoms with van der Waals surface area (Å²) in [5.74, 6) is 12.8. The van der Waals surface area contributed by atoms with Crippen LogP contribution < -0.4 is 9.47 Å². The molecular weight excluding hydrogens is 918 g/mol. The summed E-state index contributed by atoms with van der Waals surface area (Å²) in [7, 11) is -9.61. The zero-order valence-corrected chi connectivity index (χ0v) is 38.4. The molecule has 6 N–H and O–H groups in total. The van der Waals surface area contributed by atoms with E-state index >= 15 is 0 Å². The first kappa shape index (κ1) is 51.8. The molecule has 0 aliphatic carbocycles. The van der Waals surface area contributed by atoms with Crippen molar-refractivity contribution in [1.29, 1.82) is 0 Å². The van der Waals surface area contributed by atoms with Crippen molar-refractivity contribution in [3.05, 3.63) is 76.9 Å². The van der Waals surface area contributed by atoms with E-state index in [0.717, 1.165) is 4.90 Å². The van der Waals surface area contributed by atoms with Gasteiger partial charge in [-0.25, -0.2) is 24.1 Å². The molecule has 0 radical (unpaired) electrons. The first-order chi connectivity index (χ1) is 30.5. The van der Waals surface area contributed by atoms with E-state index in [4.69, 9.17) is 29.0 Å². The van der Waals surface area contributed by atoms with Gasteiger partial charge in [-0.3, -0.25) is 9.36 Å². The molecule has 64 heavy (non-hydrogen) atoms. The van der Waals surface area contributed by atoms with Crippen molar-refractivity contribution in [1.82, 2.24) is 34.3 Å². The summed E-state index contributed by atoms with van der Waals surface area (Å²) >= 11 is 0. The lowest BCUT2D eigenvalue weighted by Crippen LogP contribution is -2.24. The van der Waals surface area contributed by atoms with E-state index in [1.165, 1.54) is 34.7 Å². The fourth-order valence-corrected chi connectivity index (χ4v) is 8.39. The second-order valence-corrected chi connectivity index (χ2v) is 18.3. The van der Waals surface area contributed by atoms with Gasteiger partial charge in [-0.2, -0.15) is 24.9 Å². The molecule has 342 valence electrons. The number of ether oxygens (including phenoxy) is 4. The van der Waals surface area contributed by atoms with Crippen LogP contribution in [-0.4, -0.2) is 136 Å². The van der Waals surface area contributed by atoms with E-state index in [2.05, 4.69) is 33.9 Å². The van der Waals surface area contributed by atoms with Crippen molar-refractivity contribution in [2.45, 2.75) is 38.8 Å². The van der Waals surface area contributed by atoms with Gasteiger partial charge >= 0.3 is 37.6 Å². The van der Waals surface area contributed by atoms with Crippen molar-refractivity contribution < 1.29 is 71.6 Å². The molecule has 4 rings (SSSR count). The van der Waals surface area contributed by atoms with Crippen LogP contribution in [0.25, 0.3) is 11.6 Å². The quantitative estimate of drug-likeness (QED) is 0.0297. The molecule has 3 aromatic heterocycles. The number of hydrogen-bond acceptors (Lipinski definition) is 14. The number of aromatic nitrogens is 5. The topological polar surface area (TPSA) is 299 Å². The minimum atomic E-state index is -4.60. The number of hydrogen-bond donors (Lipinski definition) is 6. The van der Waals surface area contributed by atoms with E-state index in [-0.39, 0.29) is 70.1 Å². The Morgan fingerprint density at radius 2 is 1.23 bits per heavy atom. The van der Waals surface area contributed by atoms with Crippen molar-refractivity contribution in [3.8, 4) is 46.8 Å². The maximum Gasteiger partial charge on any atom is 0.521 e. The van der Waals surface area contributed by atoms with Crippen LogP contribution in [0.1, 0.15) is 53.8 Å². The third-order valence-electron chi connectivity index (χ3n) is 8.35. The van der Waals surface area contributed by atoms with E-state index < -0.39 is 50.2 Å². The second-order valence-electron chi connectivity index (χ2n) is 13.7. The standard InChI is InChI=1S/C38H45N7O15P4/c1-57-15-17-59-34-22-31(35(60-18-16-58-2)21-30(34)7-5-3-4-6-8-38(46)47)10-9-29-19-36(44-13-11-32(40-44)23-42(25-61(48)49)26-62(50)51)39-37(20-29)45-14-12-33(41-45)24-43(27-63(52)53)28-64(54,55)56/h11-14,19-22H,3-4,6,8,15-18,23-28H2,1-2H3,(H3-3,46,47,48,49,50,51,52,53,54,55,56)/p+3. The molecule has 26 heteroatoms. The number of carbonyl (C=O) groups is 1. The number of nitrogens with zero attached hydrogens (tertiary/aromatic N) is 7. The SMILES string of the molecule is COCCOc1cc(C#Cc2cc(-n3ccc(CN(C[P+](=O)O)C[P+](=O)O)n3)nc(-n3ccc(CN(C[P+](=O)O)CP(=O)(O)O)n3)c2)c(OCCOC)cc1C#CCCCCC(=O)O. The number of carboxylic acids is 1. The molecule has 0 fully saturated rings. The normalized spacial score (nSPS) is 12.0.